The Balaban J connectivity index is 3.10. The van der Waals surface area contributed by atoms with Crippen molar-refractivity contribution in [3.05, 3.63) is 0 Å². The van der Waals surface area contributed by atoms with Crippen molar-refractivity contribution >= 4 is 17.7 Å². The number of hydrogen-bond donors (Lipinski definition) is 1. The number of carbonyl (C=O) groups is 3. The minimum absolute atomic E-state index is 0.128. The molecule has 1 fully saturated rings. The van der Waals surface area contributed by atoms with Crippen LogP contribution in [0.3, 0.4) is 0 Å². The van der Waals surface area contributed by atoms with Crippen molar-refractivity contribution < 1.29 is 19.1 Å². The first kappa shape index (κ1) is 14.6. The van der Waals surface area contributed by atoms with E-state index in [9.17, 15) is 14.4 Å². The van der Waals surface area contributed by atoms with Gasteiger partial charge >= 0.3 is 0 Å². The highest BCUT2D eigenvalue weighted by atomic mass is 16.5. The summed E-state index contributed by atoms with van der Waals surface area (Å²) in [6.45, 7) is 6.57. The van der Waals surface area contributed by atoms with Crippen LogP contribution >= 0.6 is 0 Å². The standard InChI is InChI=1S/C12H20N2O4/c1-6-12(4,18-5)10(17)14-7-8(15)13-9(16)11(14,2)3/h6-7H2,1-5H3,(H,13,15,16). The van der Waals surface area contributed by atoms with Crippen molar-refractivity contribution in [2.75, 3.05) is 13.7 Å². The number of nitrogens with one attached hydrogen (secondary N) is 1. The van der Waals surface area contributed by atoms with Gasteiger partial charge in [0, 0.05) is 7.11 Å². The van der Waals surface area contributed by atoms with Gasteiger partial charge < -0.3 is 9.64 Å². The molecule has 102 valence electrons. The number of carbonyl (C=O) groups excluding carboxylic acids is 3. The predicted octanol–water partition coefficient (Wildman–Crippen LogP) is 0.0651. The van der Waals surface area contributed by atoms with Gasteiger partial charge in [-0.05, 0) is 27.2 Å². The van der Waals surface area contributed by atoms with Crippen LogP contribution in [0.1, 0.15) is 34.1 Å². The van der Waals surface area contributed by atoms with Crippen LogP contribution in [-0.4, -0.2) is 47.4 Å². The SMILES string of the molecule is CCC(C)(OC)C(=O)N1CC(=O)NC(=O)C1(C)C. The molecule has 1 unspecified atom stereocenters. The molecule has 0 aromatic carbocycles. The third-order valence-corrected chi connectivity index (χ3v) is 3.61. The van der Waals surface area contributed by atoms with Gasteiger partial charge in [0.2, 0.25) is 5.91 Å². The molecule has 6 nitrogen and oxygen atoms in total. The Morgan fingerprint density at radius 1 is 1.50 bits per heavy atom. The molecule has 1 aliphatic rings. The molecular weight excluding hydrogens is 236 g/mol. The smallest absolute Gasteiger partial charge is 0.255 e. The fourth-order valence-corrected chi connectivity index (χ4v) is 1.78. The first-order chi connectivity index (χ1) is 8.19. The number of ether oxygens (including phenoxy) is 1. The van der Waals surface area contributed by atoms with Crippen LogP contribution in [-0.2, 0) is 19.1 Å². The summed E-state index contributed by atoms with van der Waals surface area (Å²) in [5.41, 5.74) is -2.07. The van der Waals surface area contributed by atoms with E-state index in [0.717, 1.165) is 0 Å². The van der Waals surface area contributed by atoms with Crippen molar-refractivity contribution in [3.63, 3.8) is 0 Å². The lowest BCUT2D eigenvalue weighted by atomic mass is 9.93. The number of methoxy groups -OCH3 is 1. The number of piperazine rings is 1. The number of hydrogen-bond acceptors (Lipinski definition) is 4. The summed E-state index contributed by atoms with van der Waals surface area (Å²) in [7, 11) is 1.44. The van der Waals surface area contributed by atoms with Crippen LogP contribution in [0.15, 0.2) is 0 Å². The Labute approximate surface area is 107 Å². The van der Waals surface area contributed by atoms with Crippen LogP contribution < -0.4 is 5.32 Å². The van der Waals surface area contributed by atoms with Crippen molar-refractivity contribution in [2.45, 2.75) is 45.3 Å². The summed E-state index contributed by atoms with van der Waals surface area (Å²) < 4.78 is 5.23. The lowest BCUT2D eigenvalue weighted by molar-refractivity contribution is -0.168. The fraction of sp³-hybridized carbons (Fsp3) is 0.750. The molecule has 1 atom stereocenters. The van der Waals surface area contributed by atoms with Crippen LogP contribution in [0, 0.1) is 0 Å². The monoisotopic (exact) mass is 256 g/mol. The highest BCUT2D eigenvalue weighted by Gasteiger charge is 2.48. The van der Waals surface area contributed by atoms with E-state index in [1.807, 2.05) is 6.92 Å². The van der Waals surface area contributed by atoms with Crippen LogP contribution in [0.25, 0.3) is 0 Å². The summed E-state index contributed by atoms with van der Waals surface area (Å²) in [5.74, 6) is -1.29. The van der Waals surface area contributed by atoms with Gasteiger partial charge in [-0.1, -0.05) is 6.92 Å². The predicted molar refractivity (Wildman–Crippen MR) is 64.6 cm³/mol. The van der Waals surface area contributed by atoms with Crippen molar-refractivity contribution in [2.24, 2.45) is 0 Å². The second kappa shape index (κ2) is 4.68. The van der Waals surface area contributed by atoms with E-state index in [1.54, 1.807) is 20.8 Å². The molecule has 0 spiro atoms. The van der Waals surface area contributed by atoms with Crippen molar-refractivity contribution in [1.82, 2.24) is 10.2 Å². The highest BCUT2D eigenvalue weighted by molar-refractivity contribution is 6.07. The van der Waals surface area contributed by atoms with Crippen molar-refractivity contribution in [1.29, 1.82) is 0 Å². The van der Waals surface area contributed by atoms with Gasteiger partial charge in [-0.25, -0.2) is 0 Å². The molecule has 0 aromatic heterocycles. The van der Waals surface area contributed by atoms with Crippen molar-refractivity contribution in [3.8, 4) is 0 Å². The summed E-state index contributed by atoms with van der Waals surface area (Å²) in [5, 5.41) is 2.23. The topological polar surface area (TPSA) is 75.7 Å². The number of nitrogens with zero attached hydrogens (tertiary/aromatic N) is 1. The zero-order valence-corrected chi connectivity index (χ0v) is 11.5. The Morgan fingerprint density at radius 3 is 2.50 bits per heavy atom. The number of imide groups is 1. The molecule has 1 aliphatic heterocycles. The summed E-state index contributed by atoms with van der Waals surface area (Å²) in [6, 6.07) is 0. The van der Waals surface area contributed by atoms with Gasteiger partial charge in [-0.2, -0.15) is 0 Å². The van der Waals surface area contributed by atoms with E-state index in [0.29, 0.717) is 6.42 Å². The Hall–Kier alpha value is -1.43. The minimum Gasteiger partial charge on any atom is -0.369 e. The van der Waals surface area contributed by atoms with E-state index in [4.69, 9.17) is 4.74 Å². The average molecular weight is 256 g/mol. The maximum absolute atomic E-state index is 12.5. The third-order valence-electron chi connectivity index (χ3n) is 3.61. The largest absolute Gasteiger partial charge is 0.369 e. The lowest BCUT2D eigenvalue weighted by Crippen LogP contribution is -2.68. The van der Waals surface area contributed by atoms with Gasteiger partial charge in [-0.15, -0.1) is 0 Å². The Kier molecular flexibility index (Phi) is 3.81. The second-order valence-corrected chi connectivity index (χ2v) is 5.12. The normalized spacial score (nSPS) is 22.4. The molecule has 0 bridgehead atoms. The molecular formula is C12H20N2O4. The molecule has 1 heterocycles. The lowest BCUT2D eigenvalue weighted by Gasteiger charge is -2.43. The maximum Gasteiger partial charge on any atom is 0.255 e. The molecule has 1 rings (SSSR count). The van der Waals surface area contributed by atoms with E-state index in [1.165, 1.54) is 12.0 Å². The van der Waals surface area contributed by atoms with Gasteiger partial charge in [-0.3, -0.25) is 19.7 Å². The van der Waals surface area contributed by atoms with E-state index in [-0.39, 0.29) is 12.5 Å². The maximum atomic E-state index is 12.5. The van der Waals surface area contributed by atoms with Crippen LogP contribution in [0.4, 0.5) is 0 Å². The number of rotatable bonds is 3. The highest BCUT2D eigenvalue weighted by Crippen LogP contribution is 2.25. The van der Waals surface area contributed by atoms with E-state index >= 15 is 0 Å². The zero-order valence-electron chi connectivity index (χ0n) is 11.5. The molecule has 6 heteroatoms. The van der Waals surface area contributed by atoms with Gasteiger partial charge in [0.1, 0.15) is 17.7 Å². The number of amides is 3. The van der Waals surface area contributed by atoms with Crippen LogP contribution in [0.5, 0.6) is 0 Å². The molecule has 0 aliphatic carbocycles. The Morgan fingerprint density at radius 2 is 2.06 bits per heavy atom. The summed E-state index contributed by atoms with van der Waals surface area (Å²) in [4.78, 5) is 36.9. The molecule has 18 heavy (non-hydrogen) atoms. The zero-order chi connectivity index (χ0) is 14.1. The van der Waals surface area contributed by atoms with Gasteiger partial charge in [0.15, 0.2) is 0 Å². The second-order valence-electron chi connectivity index (χ2n) is 5.12. The summed E-state index contributed by atoms with van der Waals surface area (Å²) >= 11 is 0. The van der Waals surface area contributed by atoms with E-state index < -0.39 is 23.0 Å². The third kappa shape index (κ3) is 2.25. The first-order valence-electron chi connectivity index (χ1n) is 5.90. The quantitative estimate of drug-likeness (QED) is 0.725. The molecule has 0 radical (unpaired) electrons. The molecule has 1 saturated heterocycles. The molecule has 0 saturated carbocycles. The van der Waals surface area contributed by atoms with Gasteiger partial charge in [0.25, 0.3) is 11.8 Å². The Bertz CT molecular complexity index is 386. The minimum atomic E-state index is -1.06. The molecule has 1 N–H and O–H groups in total. The molecule has 0 aromatic rings. The molecule has 3 amide bonds. The van der Waals surface area contributed by atoms with E-state index in [2.05, 4.69) is 5.32 Å². The van der Waals surface area contributed by atoms with Crippen LogP contribution in [0.2, 0.25) is 0 Å². The first-order valence-corrected chi connectivity index (χ1v) is 5.90. The fourth-order valence-electron chi connectivity index (χ4n) is 1.78. The van der Waals surface area contributed by atoms with Gasteiger partial charge in [0.05, 0.1) is 0 Å². The average Bonchev–Trinajstić information content (AvgIpc) is 2.32. The summed E-state index contributed by atoms with van der Waals surface area (Å²) in [6.07, 6.45) is 0.463.